The molecule has 0 bridgehead atoms. The zero-order chi connectivity index (χ0) is 11.9. The van der Waals surface area contributed by atoms with Crippen LogP contribution in [0.1, 0.15) is 31.7 Å². The highest BCUT2D eigenvalue weighted by Crippen LogP contribution is 2.46. The fourth-order valence-electron chi connectivity index (χ4n) is 2.72. The summed E-state index contributed by atoms with van der Waals surface area (Å²) >= 11 is 0. The third kappa shape index (κ3) is 1.53. The van der Waals surface area contributed by atoms with Gasteiger partial charge >= 0.3 is 0 Å². The van der Waals surface area contributed by atoms with Gasteiger partial charge in [0.1, 0.15) is 19.0 Å². The van der Waals surface area contributed by atoms with Crippen molar-refractivity contribution < 1.29 is 14.3 Å². The molecule has 3 heteroatoms. The Morgan fingerprint density at radius 3 is 2.47 bits per heavy atom. The summed E-state index contributed by atoms with van der Waals surface area (Å²) in [5.41, 5.74) is 0.830. The first-order valence-corrected chi connectivity index (χ1v) is 6.13. The van der Waals surface area contributed by atoms with Gasteiger partial charge in [-0.15, -0.1) is 0 Å². The van der Waals surface area contributed by atoms with E-state index in [9.17, 15) is 4.79 Å². The summed E-state index contributed by atoms with van der Waals surface area (Å²) in [4.78, 5) is 11.8. The molecule has 1 saturated carbocycles. The van der Waals surface area contributed by atoms with Gasteiger partial charge in [0, 0.05) is 0 Å². The van der Waals surface area contributed by atoms with Gasteiger partial charge in [0.25, 0.3) is 0 Å². The average molecular weight is 232 g/mol. The van der Waals surface area contributed by atoms with Gasteiger partial charge in [0.2, 0.25) is 0 Å². The number of rotatable bonds is 2. The third-order valence-corrected chi connectivity index (χ3v) is 3.98. The van der Waals surface area contributed by atoms with E-state index in [0.29, 0.717) is 13.2 Å². The standard InChI is InChI=1S/C14H16O3/c1-10(15)14(5-2-6-14)11-3-4-12-13(9-11)17-8-7-16-12/h3-4,9H,2,5-8H2,1H3. The molecule has 0 amide bonds. The second-order valence-corrected chi connectivity index (χ2v) is 4.85. The molecule has 3 rings (SSSR count). The van der Waals surface area contributed by atoms with E-state index in [-0.39, 0.29) is 11.2 Å². The largest absolute Gasteiger partial charge is 0.486 e. The lowest BCUT2D eigenvalue weighted by atomic mass is 9.62. The Morgan fingerprint density at radius 1 is 1.18 bits per heavy atom. The monoisotopic (exact) mass is 232 g/mol. The van der Waals surface area contributed by atoms with Gasteiger partial charge in [-0.05, 0) is 37.5 Å². The van der Waals surface area contributed by atoms with Gasteiger partial charge in [-0.1, -0.05) is 12.5 Å². The molecule has 17 heavy (non-hydrogen) atoms. The Kier molecular flexibility index (Phi) is 2.35. The number of hydrogen-bond acceptors (Lipinski definition) is 3. The van der Waals surface area contributed by atoms with E-state index in [2.05, 4.69) is 0 Å². The predicted molar refractivity (Wildman–Crippen MR) is 63.6 cm³/mol. The van der Waals surface area contributed by atoms with Gasteiger partial charge in [-0.2, -0.15) is 0 Å². The van der Waals surface area contributed by atoms with E-state index in [1.54, 1.807) is 6.92 Å². The quantitative estimate of drug-likeness (QED) is 0.785. The van der Waals surface area contributed by atoms with Gasteiger partial charge in [0.15, 0.2) is 11.5 Å². The zero-order valence-electron chi connectivity index (χ0n) is 9.99. The van der Waals surface area contributed by atoms with Crippen LogP contribution in [0.15, 0.2) is 18.2 Å². The first kappa shape index (κ1) is 10.6. The molecule has 3 nitrogen and oxygen atoms in total. The molecule has 0 aromatic heterocycles. The van der Waals surface area contributed by atoms with E-state index in [1.165, 1.54) is 0 Å². The summed E-state index contributed by atoms with van der Waals surface area (Å²) in [6, 6.07) is 5.91. The summed E-state index contributed by atoms with van der Waals surface area (Å²) in [6.07, 6.45) is 3.05. The normalized spacial score (nSPS) is 20.5. The van der Waals surface area contributed by atoms with Crippen LogP contribution in [0.5, 0.6) is 11.5 Å². The molecule has 1 heterocycles. The first-order chi connectivity index (χ1) is 8.22. The molecular weight excluding hydrogens is 216 g/mol. The summed E-state index contributed by atoms with van der Waals surface area (Å²) in [5.74, 6) is 1.83. The first-order valence-electron chi connectivity index (χ1n) is 6.13. The predicted octanol–water partition coefficient (Wildman–Crippen LogP) is 2.47. The highest BCUT2D eigenvalue weighted by molar-refractivity contribution is 5.89. The maximum Gasteiger partial charge on any atom is 0.161 e. The van der Waals surface area contributed by atoms with Gasteiger partial charge in [-0.3, -0.25) is 4.79 Å². The zero-order valence-corrected chi connectivity index (χ0v) is 9.99. The third-order valence-electron chi connectivity index (χ3n) is 3.98. The van der Waals surface area contributed by atoms with E-state index in [0.717, 1.165) is 36.3 Å². The second-order valence-electron chi connectivity index (χ2n) is 4.85. The van der Waals surface area contributed by atoms with Gasteiger partial charge in [-0.25, -0.2) is 0 Å². The Labute approximate surface area is 101 Å². The van der Waals surface area contributed by atoms with Crippen LogP contribution in [0.2, 0.25) is 0 Å². The molecule has 0 radical (unpaired) electrons. The molecule has 1 aromatic carbocycles. The van der Waals surface area contributed by atoms with E-state index < -0.39 is 0 Å². The number of carbonyl (C=O) groups excluding carboxylic acids is 1. The van der Waals surface area contributed by atoms with Crippen molar-refractivity contribution in [2.24, 2.45) is 0 Å². The van der Waals surface area contributed by atoms with E-state index in [1.807, 2.05) is 18.2 Å². The summed E-state index contributed by atoms with van der Waals surface area (Å²) < 4.78 is 11.1. The molecule has 0 unspecified atom stereocenters. The van der Waals surface area contributed by atoms with E-state index in [4.69, 9.17) is 9.47 Å². The topological polar surface area (TPSA) is 35.5 Å². The molecule has 2 aliphatic rings. The highest BCUT2D eigenvalue weighted by atomic mass is 16.6. The summed E-state index contributed by atoms with van der Waals surface area (Å²) in [6.45, 7) is 2.88. The highest BCUT2D eigenvalue weighted by Gasteiger charge is 2.43. The van der Waals surface area contributed by atoms with Crippen molar-refractivity contribution in [1.29, 1.82) is 0 Å². The lowest BCUT2D eigenvalue weighted by Crippen LogP contribution is -2.41. The lowest BCUT2D eigenvalue weighted by molar-refractivity contribution is -0.125. The molecule has 0 atom stereocenters. The van der Waals surface area contributed by atoms with E-state index >= 15 is 0 Å². The smallest absolute Gasteiger partial charge is 0.161 e. The number of ether oxygens (including phenoxy) is 2. The van der Waals surface area contributed by atoms with Crippen LogP contribution in [0, 0.1) is 0 Å². The molecule has 0 saturated heterocycles. The van der Waals surface area contributed by atoms with Crippen LogP contribution in [-0.2, 0) is 10.2 Å². The maximum absolute atomic E-state index is 11.8. The number of carbonyl (C=O) groups is 1. The van der Waals surface area contributed by atoms with Crippen LogP contribution in [0.4, 0.5) is 0 Å². The van der Waals surface area contributed by atoms with Crippen LogP contribution in [0.25, 0.3) is 0 Å². The van der Waals surface area contributed by atoms with Crippen molar-refractivity contribution in [3.8, 4) is 11.5 Å². The van der Waals surface area contributed by atoms with Crippen LogP contribution in [-0.4, -0.2) is 19.0 Å². The number of fused-ring (bicyclic) bond motifs is 1. The molecule has 1 fully saturated rings. The van der Waals surface area contributed by atoms with Crippen LogP contribution in [0.3, 0.4) is 0 Å². The minimum Gasteiger partial charge on any atom is -0.486 e. The summed E-state index contributed by atoms with van der Waals surface area (Å²) in [7, 11) is 0. The maximum atomic E-state index is 11.8. The lowest BCUT2D eigenvalue weighted by Gasteiger charge is -2.40. The Bertz CT molecular complexity index is 461. The molecular formula is C14H16O3. The molecule has 1 aromatic rings. The number of ketones is 1. The molecule has 90 valence electrons. The fraction of sp³-hybridized carbons (Fsp3) is 0.500. The molecule has 0 N–H and O–H groups in total. The van der Waals surface area contributed by atoms with Crippen molar-refractivity contribution >= 4 is 5.78 Å². The minimum atomic E-state index is -0.254. The molecule has 0 spiro atoms. The van der Waals surface area contributed by atoms with Crippen molar-refractivity contribution in [2.45, 2.75) is 31.6 Å². The minimum absolute atomic E-state index is 0.254. The Morgan fingerprint density at radius 2 is 1.88 bits per heavy atom. The molecule has 1 aliphatic heterocycles. The molecule has 1 aliphatic carbocycles. The summed E-state index contributed by atoms with van der Waals surface area (Å²) in [5, 5.41) is 0. The van der Waals surface area contributed by atoms with Crippen molar-refractivity contribution in [3.05, 3.63) is 23.8 Å². The second kappa shape index (κ2) is 3.76. The fourth-order valence-corrected chi connectivity index (χ4v) is 2.72. The Balaban J connectivity index is 2.01. The number of Topliss-reactive ketones (excluding diaryl/α,β-unsaturated/α-hetero) is 1. The van der Waals surface area contributed by atoms with Crippen LogP contribution >= 0.6 is 0 Å². The Hall–Kier alpha value is -1.51. The number of hydrogen-bond donors (Lipinski definition) is 0. The SMILES string of the molecule is CC(=O)C1(c2ccc3c(c2)OCCO3)CCC1. The number of benzene rings is 1. The van der Waals surface area contributed by atoms with Crippen molar-refractivity contribution in [1.82, 2.24) is 0 Å². The van der Waals surface area contributed by atoms with Crippen LogP contribution < -0.4 is 9.47 Å². The van der Waals surface area contributed by atoms with Crippen molar-refractivity contribution in [3.63, 3.8) is 0 Å². The van der Waals surface area contributed by atoms with Gasteiger partial charge in [0.05, 0.1) is 5.41 Å². The van der Waals surface area contributed by atoms with Gasteiger partial charge < -0.3 is 9.47 Å². The van der Waals surface area contributed by atoms with Crippen molar-refractivity contribution in [2.75, 3.05) is 13.2 Å². The average Bonchev–Trinajstić information content (AvgIpc) is 2.27.